The molecule has 1 aromatic rings. The Bertz CT molecular complexity index is 857. The number of carbonyl (C=O) groups is 5. The van der Waals surface area contributed by atoms with Gasteiger partial charge in [-0.25, -0.2) is 4.79 Å². The zero-order valence-electron chi connectivity index (χ0n) is 15.9. The topological polar surface area (TPSA) is 128 Å². The molecule has 29 heavy (non-hydrogen) atoms. The smallest absolute Gasteiger partial charge is 0.329 e. The molecule has 2 aliphatic heterocycles. The Kier molecular flexibility index (Phi) is 6.42. The minimum absolute atomic E-state index is 0.0192. The summed E-state index contributed by atoms with van der Waals surface area (Å²) < 4.78 is 0. The fourth-order valence-electron chi connectivity index (χ4n) is 3.00. The van der Waals surface area contributed by atoms with Crippen LogP contribution in [0.5, 0.6) is 0 Å². The largest absolute Gasteiger partial charge is 0.341 e. The Morgan fingerprint density at radius 3 is 2.69 bits per heavy atom. The Hall–Kier alpha value is -2.60. The number of anilines is 1. The number of urea groups is 1. The molecule has 12 heteroatoms. The van der Waals surface area contributed by atoms with Gasteiger partial charge in [0.1, 0.15) is 11.4 Å². The highest BCUT2D eigenvalue weighted by molar-refractivity contribution is 7.99. The first-order valence-corrected chi connectivity index (χ1v) is 11.1. The summed E-state index contributed by atoms with van der Waals surface area (Å²) in [5.74, 6) is -2.15. The van der Waals surface area contributed by atoms with Gasteiger partial charge in [0, 0.05) is 24.5 Å². The van der Waals surface area contributed by atoms with Crippen molar-refractivity contribution >= 4 is 58.4 Å². The number of carbonyl (C=O) groups excluding carboxylic acids is 5. The van der Waals surface area contributed by atoms with Crippen LogP contribution in [0, 0.1) is 0 Å². The number of thioether (sulfide) groups is 1. The molecule has 2 atom stereocenters. The van der Waals surface area contributed by atoms with Crippen molar-refractivity contribution in [1.82, 2.24) is 20.4 Å². The lowest BCUT2D eigenvalue weighted by molar-refractivity contribution is -0.153. The van der Waals surface area contributed by atoms with Gasteiger partial charge in [-0.15, -0.1) is 23.1 Å². The molecule has 0 radical (unpaired) electrons. The Labute approximate surface area is 175 Å². The van der Waals surface area contributed by atoms with Crippen molar-refractivity contribution in [2.45, 2.75) is 24.8 Å². The number of imide groups is 1. The number of rotatable bonds is 6. The van der Waals surface area contributed by atoms with E-state index in [0.717, 1.165) is 4.90 Å². The molecular weight excluding hydrogens is 418 g/mol. The molecular formula is C17H21N5O5S2. The summed E-state index contributed by atoms with van der Waals surface area (Å²) in [5.41, 5.74) is 0.396. The maximum Gasteiger partial charge on any atom is 0.329 e. The van der Waals surface area contributed by atoms with E-state index in [9.17, 15) is 24.0 Å². The van der Waals surface area contributed by atoms with Gasteiger partial charge in [-0.1, -0.05) is 0 Å². The van der Waals surface area contributed by atoms with Gasteiger partial charge in [0.15, 0.2) is 0 Å². The van der Waals surface area contributed by atoms with E-state index in [1.165, 1.54) is 28.0 Å². The molecule has 2 fully saturated rings. The molecule has 3 heterocycles. The van der Waals surface area contributed by atoms with Crippen LogP contribution >= 0.6 is 23.1 Å². The van der Waals surface area contributed by atoms with E-state index in [-0.39, 0.29) is 36.7 Å². The highest BCUT2D eigenvalue weighted by Gasteiger charge is 2.40. The number of hydrogen-bond donors (Lipinski definition) is 3. The number of hydrogen-bond acceptors (Lipinski definition) is 7. The molecule has 10 nitrogen and oxygen atoms in total. The van der Waals surface area contributed by atoms with Crippen LogP contribution in [-0.2, 0) is 25.6 Å². The van der Waals surface area contributed by atoms with E-state index in [4.69, 9.17) is 0 Å². The summed E-state index contributed by atoms with van der Waals surface area (Å²) in [6.45, 7) is 2.56. The number of amides is 6. The third-order valence-electron chi connectivity index (χ3n) is 4.68. The second kappa shape index (κ2) is 8.82. The second-order valence-electron chi connectivity index (χ2n) is 6.42. The average Bonchev–Trinajstić information content (AvgIpc) is 3.12. The standard InChI is InChI=1S/C17H21N5O5S2/c1-3-21-5-6-22(16(26)15(21)25)17(27)18-9-4-7-29-10(9)8-11(23)19-12-13(24)20-14(12)28-2/h4,7,12,14H,3,5-6,8H2,1-2H3,(H,18,27)(H,19,23)(H,20,24)/t12-,14+/m1/s1. The first-order chi connectivity index (χ1) is 13.8. The summed E-state index contributed by atoms with van der Waals surface area (Å²) in [7, 11) is 0. The Balaban J connectivity index is 1.59. The van der Waals surface area contributed by atoms with Crippen LogP contribution in [0.25, 0.3) is 0 Å². The molecule has 6 amide bonds. The van der Waals surface area contributed by atoms with Crippen molar-refractivity contribution in [1.29, 1.82) is 0 Å². The summed E-state index contributed by atoms with van der Waals surface area (Å²) >= 11 is 2.71. The first kappa shape index (κ1) is 21.1. The van der Waals surface area contributed by atoms with Gasteiger partial charge >= 0.3 is 17.8 Å². The predicted molar refractivity (Wildman–Crippen MR) is 108 cm³/mol. The van der Waals surface area contributed by atoms with Crippen LogP contribution in [0.15, 0.2) is 11.4 Å². The van der Waals surface area contributed by atoms with Crippen LogP contribution in [0.4, 0.5) is 10.5 Å². The number of nitrogens with zero attached hydrogens (tertiary/aromatic N) is 2. The number of likely N-dealkylation sites (N-methyl/N-ethyl adjacent to an activating group) is 1. The van der Waals surface area contributed by atoms with Crippen molar-refractivity contribution in [3.05, 3.63) is 16.3 Å². The van der Waals surface area contributed by atoms with E-state index in [2.05, 4.69) is 16.0 Å². The van der Waals surface area contributed by atoms with Crippen molar-refractivity contribution in [3.8, 4) is 0 Å². The van der Waals surface area contributed by atoms with Crippen LogP contribution in [0.1, 0.15) is 11.8 Å². The van der Waals surface area contributed by atoms with Crippen molar-refractivity contribution in [2.24, 2.45) is 0 Å². The predicted octanol–water partition coefficient (Wildman–Crippen LogP) is -0.183. The normalized spacial score (nSPS) is 21.5. The number of thiophene rings is 1. The van der Waals surface area contributed by atoms with Crippen LogP contribution in [0.2, 0.25) is 0 Å². The SMILES string of the molecule is CCN1CCN(C(=O)Nc2ccsc2CC(=O)N[C@@H]2C(=O)N[C@H]2SC)C(=O)C1=O. The first-order valence-electron chi connectivity index (χ1n) is 8.96. The summed E-state index contributed by atoms with van der Waals surface area (Å²) in [5, 5.41) is 9.52. The molecule has 156 valence electrons. The Morgan fingerprint density at radius 1 is 1.28 bits per heavy atom. The van der Waals surface area contributed by atoms with E-state index in [1.54, 1.807) is 18.4 Å². The lowest BCUT2D eigenvalue weighted by Crippen LogP contribution is -2.67. The lowest BCUT2D eigenvalue weighted by atomic mass is 10.1. The quantitative estimate of drug-likeness (QED) is 0.417. The maximum atomic E-state index is 12.5. The van der Waals surface area contributed by atoms with Gasteiger partial charge in [-0.2, -0.15) is 0 Å². The number of piperazine rings is 1. The zero-order valence-corrected chi connectivity index (χ0v) is 17.5. The second-order valence-corrected chi connectivity index (χ2v) is 8.40. The molecule has 2 saturated heterocycles. The maximum absolute atomic E-state index is 12.5. The van der Waals surface area contributed by atoms with Gasteiger partial charge in [-0.3, -0.25) is 24.1 Å². The summed E-state index contributed by atoms with van der Waals surface area (Å²) in [4.78, 5) is 63.3. The number of nitrogens with one attached hydrogen (secondary N) is 3. The van der Waals surface area contributed by atoms with Crippen LogP contribution in [-0.4, -0.2) is 76.8 Å². The molecule has 0 bridgehead atoms. The minimum Gasteiger partial charge on any atom is -0.341 e. The molecule has 0 unspecified atom stereocenters. The molecule has 0 saturated carbocycles. The fourth-order valence-corrected chi connectivity index (χ4v) is 4.53. The molecule has 1 aromatic heterocycles. The van der Waals surface area contributed by atoms with E-state index >= 15 is 0 Å². The van der Waals surface area contributed by atoms with Gasteiger partial charge in [-0.05, 0) is 24.6 Å². The van der Waals surface area contributed by atoms with Crippen LogP contribution < -0.4 is 16.0 Å². The average molecular weight is 440 g/mol. The third-order valence-corrected chi connectivity index (χ3v) is 6.50. The van der Waals surface area contributed by atoms with E-state index in [0.29, 0.717) is 17.1 Å². The van der Waals surface area contributed by atoms with Crippen LogP contribution in [0.3, 0.4) is 0 Å². The lowest BCUT2D eigenvalue weighted by Gasteiger charge is -2.35. The highest BCUT2D eigenvalue weighted by Crippen LogP contribution is 2.24. The molecule has 0 aliphatic carbocycles. The van der Waals surface area contributed by atoms with Gasteiger partial charge in [0.05, 0.1) is 12.1 Å². The zero-order chi connectivity index (χ0) is 21.1. The monoisotopic (exact) mass is 439 g/mol. The van der Waals surface area contributed by atoms with E-state index in [1.807, 2.05) is 6.26 Å². The van der Waals surface area contributed by atoms with Crippen molar-refractivity contribution in [3.63, 3.8) is 0 Å². The molecule has 3 N–H and O–H groups in total. The molecule has 3 rings (SSSR count). The molecule has 0 aromatic carbocycles. The van der Waals surface area contributed by atoms with E-state index < -0.39 is 23.9 Å². The summed E-state index contributed by atoms with van der Waals surface area (Å²) in [6, 6.07) is 0.342. The highest BCUT2D eigenvalue weighted by atomic mass is 32.2. The fraction of sp³-hybridized carbons (Fsp3) is 0.471. The van der Waals surface area contributed by atoms with Gasteiger partial charge in [0.25, 0.3) is 0 Å². The summed E-state index contributed by atoms with van der Waals surface area (Å²) in [6.07, 6.45) is 1.82. The van der Waals surface area contributed by atoms with Crippen molar-refractivity contribution in [2.75, 3.05) is 31.2 Å². The number of β-lactam (4-membered cyclic amide) rings is 1. The van der Waals surface area contributed by atoms with Gasteiger partial charge in [0.2, 0.25) is 11.8 Å². The molecule has 2 aliphatic rings. The van der Waals surface area contributed by atoms with Gasteiger partial charge < -0.3 is 20.9 Å². The Morgan fingerprint density at radius 2 is 2.03 bits per heavy atom. The minimum atomic E-state index is -0.871. The molecule has 0 spiro atoms. The van der Waals surface area contributed by atoms with Crippen molar-refractivity contribution < 1.29 is 24.0 Å². The third kappa shape index (κ3) is 4.37.